The second-order valence-electron chi connectivity index (χ2n) is 8.15. The van der Waals surface area contributed by atoms with Crippen molar-refractivity contribution in [1.29, 1.82) is 0 Å². The lowest BCUT2D eigenvalue weighted by Gasteiger charge is -2.34. The highest BCUT2D eigenvalue weighted by molar-refractivity contribution is 6.00. The number of ketones is 1. The third-order valence-corrected chi connectivity index (χ3v) is 6.06. The van der Waals surface area contributed by atoms with Crippen LogP contribution in [0.1, 0.15) is 48.4 Å². The van der Waals surface area contributed by atoms with Gasteiger partial charge >= 0.3 is 0 Å². The number of ether oxygens (including phenoxy) is 2. The van der Waals surface area contributed by atoms with Gasteiger partial charge in [-0.3, -0.25) is 4.79 Å². The van der Waals surface area contributed by atoms with E-state index in [9.17, 15) is 4.79 Å². The van der Waals surface area contributed by atoms with Crippen LogP contribution in [-0.4, -0.2) is 33.8 Å². The Morgan fingerprint density at radius 2 is 2.00 bits per heavy atom. The van der Waals surface area contributed by atoms with Gasteiger partial charge in [-0.2, -0.15) is 10.1 Å². The molecule has 0 radical (unpaired) electrons. The lowest BCUT2D eigenvalue weighted by atomic mass is 9.79. The van der Waals surface area contributed by atoms with E-state index in [0.717, 1.165) is 34.8 Å². The maximum absolute atomic E-state index is 13.4. The standard InChI is InChI=1S/C23H22N4O4/c1-13-24-23-25-16-10-15(18-4-2-7-29-18)11-17(28)21(16)22(27(23)26-13)14-5-6-19-20(12-14)31-9-3-8-30-19/h2,4-7,12,15,22H,3,8-11H2,1H3,(H,24,25,26). The molecule has 4 heterocycles. The number of nitrogens with one attached hydrogen (secondary N) is 1. The third kappa shape index (κ3) is 3.01. The number of anilines is 1. The molecule has 0 fully saturated rings. The molecule has 1 N–H and O–H groups in total. The van der Waals surface area contributed by atoms with Gasteiger partial charge in [0, 0.05) is 30.0 Å². The van der Waals surface area contributed by atoms with Crippen molar-refractivity contribution < 1.29 is 18.7 Å². The second-order valence-corrected chi connectivity index (χ2v) is 8.15. The van der Waals surface area contributed by atoms with Crippen molar-refractivity contribution in [1.82, 2.24) is 14.8 Å². The zero-order valence-electron chi connectivity index (χ0n) is 17.1. The van der Waals surface area contributed by atoms with E-state index in [2.05, 4.69) is 15.4 Å². The van der Waals surface area contributed by atoms with Crippen LogP contribution in [-0.2, 0) is 4.79 Å². The number of rotatable bonds is 2. The van der Waals surface area contributed by atoms with Gasteiger partial charge in [-0.1, -0.05) is 6.07 Å². The molecule has 0 bridgehead atoms. The Morgan fingerprint density at radius 1 is 1.13 bits per heavy atom. The number of carbonyl (C=O) groups excluding carboxylic acids is 1. The van der Waals surface area contributed by atoms with Crippen molar-refractivity contribution in [3.05, 3.63) is 65.0 Å². The lowest BCUT2D eigenvalue weighted by Crippen LogP contribution is -2.33. The summed E-state index contributed by atoms with van der Waals surface area (Å²) in [5.41, 5.74) is 2.54. The summed E-state index contributed by atoms with van der Waals surface area (Å²) in [7, 11) is 0. The Balaban J connectivity index is 1.46. The largest absolute Gasteiger partial charge is 0.490 e. The van der Waals surface area contributed by atoms with Gasteiger partial charge in [0.05, 0.1) is 19.5 Å². The summed E-state index contributed by atoms with van der Waals surface area (Å²) in [5.74, 6) is 3.65. The average Bonchev–Trinajstić information content (AvgIpc) is 3.35. The molecule has 1 aliphatic carbocycles. The number of Topliss-reactive ketones (excluding diaryl/α,β-unsaturated/α-hetero) is 1. The highest BCUT2D eigenvalue weighted by Gasteiger charge is 2.40. The Hall–Kier alpha value is -3.55. The molecule has 0 amide bonds. The van der Waals surface area contributed by atoms with E-state index in [-0.39, 0.29) is 17.7 Å². The molecule has 2 aromatic heterocycles. The summed E-state index contributed by atoms with van der Waals surface area (Å²) in [5, 5.41) is 7.96. The van der Waals surface area contributed by atoms with Crippen LogP contribution in [0.3, 0.4) is 0 Å². The average molecular weight is 418 g/mol. The lowest BCUT2D eigenvalue weighted by molar-refractivity contribution is -0.117. The molecule has 3 aliphatic rings. The fourth-order valence-electron chi connectivity index (χ4n) is 4.70. The predicted molar refractivity (Wildman–Crippen MR) is 111 cm³/mol. The summed E-state index contributed by atoms with van der Waals surface area (Å²) >= 11 is 0. The SMILES string of the molecule is Cc1nc2n(n1)C(c1ccc3c(c1)OCCCO3)C1=C(CC(c3ccco3)CC1=O)N2. The number of allylic oxidation sites excluding steroid dienone is 2. The molecule has 158 valence electrons. The van der Waals surface area contributed by atoms with E-state index in [1.54, 1.807) is 10.9 Å². The maximum atomic E-state index is 13.4. The molecule has 2 aliphatic heterocycles. The van der Waals surface area contributed by atoms with Crippen LogP contribution in [0.15, 0.2) is 52.3 Å². The Labute approximate surface area is 178 Å². The maximum Gasteiger partial charge on any atom is 0.226 e. The fraction of sp³-hybridized carbons (Fsp3) is 0.348. The minimum absolute atomic E-state index is 0.00810. The van der Waals surface area contributed by atoms with Crippen LogP contribution in [0.4, 0.5) is 5.95 Å². The van der Waals surface area contributed by atoms with Crippen LogP contribution in [0.5, 0.6) is 11.5 Å². The number of aromatic nitrogens is 3. The molecule has 31 heavy (non-hydrogen) atoms. The molecular formula is C23H22N4O4. The van der Waals surface area contributed by atoms with Crippen molar-refractivity contribution in [3.8, 4) is 11.5 Å². The van der Waals surface area contributed by atoms with Gasteiger partial charge < -0.3 is 19.2 Å². The van der Waals surface area contributed by atoms with Gasteiger partial charge in [-0.15, -0.1) is 0 Å². The van der Waals surface area contributed by atoms with Crippen LogP contribution in [0, 0.1) is 6.92 Å². The second kappa shape index (κ2) is 7.01. The van der Waals surface area contributed by atoms with E-state index in [1.807, 2.05) is 37.3 Å². The highest BCUT2D eigenvalue weighted by Crippen LogP contribution is 2.45. The van der Waals surface area contributed by atoms with Gasteiger partial charge in [0.25, 0.3) is 0 Å². The molecule has 2 unspecified atom stereocenters. The molecule has 8 nitrogen and oxygen atoms in total. The van der Waals surface area contributed by atoms with E-state index < -0.39 is 0 Å². The van der Waals surface area contributed by atoms with Crippen molar-refractivity contribution >= 4 is 11.7 Å². The van der Waals surface area contributed by atoms with Gasteiger partial charge in [0.2, 0.25) is 5.95 Å². The summed E-state index contributed by atoms with van der Waals surface area (Å²) in [6.07, 6.45) is 3.57. The van der Waals surface area contributed by atoms with E-state index in [1.165, 1.54) is 0 Å². The van der Waals surface area contributed by atoms with Gasteiger partial charge in [-0.05, 0) is 43.2 Å². The van der Waals surface area contributed by atoms with Crippen molar-refractivity contribution in [2.45, 2.75) is 38.1 Å². The van der Waals surface area contributed by atoms with Gasteiger partial charge in [-0.25, -0.2) is 4.68 Å². The quantitative estimate of drug-likeness (QED) is 0.678. The summed E-state index contributed by atoms with van der Waals surface area (Å²) < 4.78 is 19.1. The summed E-state index contributed by atoms with van der Waals surface area (Å²) in [4.78, 5) is 18.0. The van der Waals surface area contributed by atoms with Crippen LogP contribution in [0.2, 0.25) is 0 Å². The number of benzene rings is 1. The molecule has 0 saturated heterocycles. The number of hydrogen-bond acceptors (Lipinski definition) is 7. The minimum atomic E-state index is -0.366. The molecule has 8 heteroatoms. The zero-order valence-corrected chi connectivity index (χ0v) is 17.1. The Bertz CT molecular complexity index is 1190. The van der Waals surface area contributed by atoms with Crippen LogP contribution < -0.4 is 14.8 Å². The Morgan fingerprint density at radius 3 is 2.84 bits per heavy atom. The number of aryl methyl sites for hydroxylation is 1. The molecule has 6 rings (SSSR count). The van der Waals surface area contributed by atoms with Gasteiger partial charge in [0.1, 0.15) is 17.6 Å². The molecule has 3 aromatic rings. The predicted octanol–water partition coefficient (Wildman–Crippen LogP) is 3.76. The summed E-state index contributed by atoms with van der Waals surface area (Å²) in [6, 6.07) is 9.29. The molecule has 1 aromatic carbocycles. The van der Waals surface area contributed by atoms with Crippen molar-refractivity contribution in [3.63, 3.8) is 0 Å². The molecule has 0 spiro atoms. The number of hydrogen-bond donors (Lipinski definition) is 1. The van der Waals surface area contributed by atoms with Crippen LogP contribution in [0.25, 0.3) is 0 Å². The third-order valence-electron chi connectivity index (χ3n) is 6.06. The van der Waals surface area contributed by atoms with Crippen LogP contribution >= 0.6 is 0 Å². The highest BCUT2D eigenvalue weighted by atomic mass is 16.5. The fourth-order valence-corrected chi connectivity index (χ4v) is 4.70. The topological polar surface area (TPSA) is 91.4 Å². The first-order chi connectivity index (χ1) is 15.2. The monoisotopic (exact) mass is 418 g/mol. The van der Waals surface area contributed by atoms with E-state index in [4.69, 9.17) is 13.9 Å². The van der Waals surface area contributed by atoms with E-state index >= 15 is 0 Å². The molecule has 2 atom stereocenters. The first-order valence-corrected chi connectivity index (χ1v) is 10.6. The number of furan rings is 1. The molecular weight excluding hydrogens is 396 g/mol. The van der Waals surface area contributed by atoms with Gasteiger partial charge in [0.15, 0.2) is 17.3 Å². The smallest absolute Gasteiger partial charge is 0.226 e. The first kappa shape index (κ1) is 18.2. The van der Waals surface area contributed by atoms with E-state index in [0.29, 0.717) is 43.6 Å². The normalized spacial score (nSPS) is 22.4. The summed E-state index contributed by atoms with van der Waals surface area (Å²) in [6.45, 7) is 3.09. The number of carbonyl (C=O) groups is 1. The van der Waals surface area contributed by atoms with Crippen molar-refractivity contribution in [2.75, 3.05) is 18.5 Å². The minimum Gasteiger partial charge on any atom is -0.490 e. The van der Waals surface area contributed by atoms with Crippen molar-refractivity contribution in [2.24, 2.45) is 0 Å². The number of nitrogens with zero attached hydrogens (tertiary/aromatic N) is 3. The zero-order chi connectivity index (χ0) is 20.9. The Kier molecular flexibility index (Phi) is 4.12. The first-order valence-electron chi connectivity index (χ1n) is 10.6. The number of fused-ring (bicyclic) bond motifs is 2. The molecule has 0 saturated carbocycles.